The highest BCUT2D eigenvalue weighted by Gasteiger charge is 2.06. The topological polar surface area (TPSA) is 15.8 Å². The number of rotatable bonds is 0. The number of aromatic amines is 1. The molecule has 0 unspecified atom stereocenters. The molecule has 0 bridgehead atoms. The molecule has 1 aromatic heterocycles. The number of H-pyrrole nitrogens is 1. The minimum absolute atomic E-state index is 0.145. The Morgan fingerprint density at radius 1 is 1.15 bits per heavy atom. The van der Waals surface area contributed by atoms with E-state index in [1.165, 1.54) is 5.56 Å². The Bertz CT molecular complexity index is 468. The highest BCUT2D eigenvalue weighted by molar-refractivity contribution is 5.85. The van der Waals surface area contributed by atoms with E-state index >= 15 is 0 Å². The fourth-order valence-electron chi connectivity index (χ4n) is 1.59. The summed E-state index contributed by atoms with van der Waals surface area (Å²) in [6, 6.07) is 3.45. The number of benzene rings is 1. The predicted molar refractivity (Wildman–Crippen MR) is 52.5 cm³/mol. The molecule has 1 heterocycles. The number of halogens is 1. The van der Waals surface area contributed by atoms with Crippen molar-refractivity contribution in [3.8, 4) is 0 Å². The zero-order chi connectivity index (χ0) is 9.59. The molecule has 0 fully saturated rings. The molecule has 2 rings (SSSR count). The van der Waals surface area contributed by atoms with Crippen LogP contribution in [0.4, 0.5) is 4.39 Å². The van der Waals surface area contributed by atoms with Crippen molar-refractivity contribution in [2.75, 3.05) is 0 Å². The summed E-state index contributed by atoms with van der Waals surface area (Å²) in [4.78, 5) is 3.15. The highest BCUT2D eigenvalue weighted by Crippen LogP contribution is 2.23. The van der Waals surface area contributed by atoms with Gasteiger partial charge in [0, 0.05) is 16.6 Å². The van der Waals surface area contributed by atoms with Crippen LogP contribution >= 0.6 is 0 Å². The van der Waals surface area contributed by atoms with Gasteiger partial charge in [0.25, 0.3) is 0 Å². The van der Waals surface area contributed by atoms with Crippen LogP contribution in [0.5, 0.6) is 0 Å². The molecule has 0 aliphatic rings. The molecular formula is C11H12FN. The fourth-order valence-corrected chi connectivity index (χ4v) is 1.59. The molecule has 2 heteroatoms. The van der Waals surface area contributed by atoms with Crippen molar-refractivity contribution in [3.63, 3.8) is 0 Å². The summed E-state index contributed by atoms with van der Waals surface area (Å²) >= 11 is 0. The molecule has 0 aliphatic carbocycles. The van der Waals surface area contributed by atoms with E-state index in [-0.39, 0.29) is 5.82 Å². The van der Waals surface area contributed by atoms with Crippen LogP contribution in [0.1, 0.15) is 16.8 Å². The first-order valence-electron chi connectivity index (χ1n) is 4.34. The van der Waals surface area contributed by atoms with Crippen LogP contribution in [-0.2, 0) is 0 Å². The van der Waals surface area contributed by atoms with Gasteiger partial charge in [-0.15, -0.1) is 0 Å². The second kappa shape index (κ2) is 2.59. The zero-order valence-corrected chi connectivity index (χ0v) is 8.03. The van der Waals surface area contributed by atoms with E-state index < -0.39 is 0 Å². The van der Waals surface area contributed by atoms with Gasteiger partial charge in [-0.05, 0) is 44.0 Å². The number of aromatic nitrogens is 1. The zero-order valence-electron chi connectivity index (χ0n) is 8.03. The fraction of sp³-hybridized carbons (Fsp3) is 0.273. The van der Waals surface area contributed by atoms with Gasteiger partial charge in [0.05, 0.1) is 0 Å². The summed E-state index contributed by atoms with van der Waals surface area (Å²) < 4.78 is 13.2. The van der Waals surface area contributed by atoms with Crippen molar-refractivity contribution in [1.29, 1.82) is 0 Å². The Labute approximate surface area is 76.6 Å². The maximum atomic E-state index is 13.2. The Hall–Kier alpha value is -1.31. The Morgan fingerprint density at radius 2 is 1.85 bits per heavy atom. The highest BCUT2D eigenvalue weighted by atomic mass is 19.1. The van der Waals surface area contributed by atoms with E-state index in [9.17, 15) is 4.39 Å². The van der Waals surface area contributed by atoms with Crippen LogP contribution < -0.4 is 0 Å². The van der Waals surface area contributed by atoms with Crippen LogP contribution in [0, 0.1) is 26.6 Å². The summed E-state index contributed by atoms with van der Waals surface area (Å²) in [5.41, 5.74) is 3.91. The minimum Gasteiger partial charge on any atom is -0.358 e. The molecule has 0 aliphatic heterocycles. The lowest BCUT2D eigenvalue weighted by Gasteiger charge is -1.96. The third-order valence-corrected chi connectivity index (χ3v) is 2.59. The molecule has 1 aromatic carbocycles. The molecule has 0 saturated heterocycles. The summed E-state index contributed by atoms with van der Waals surface area (Å²) in [6.45, 7) is 5.84. The Balaban J connectivity index is 2.89. The van der Waals surface area contributed by atoms with Crippen LogP contribution in [0.25, 0.3) is 10.9 Å². The largest absolute Gasteiger partial charge is 0.358 e. The van der Waals surface area contributed by atoms with Crippen molar-refractivity contribution in [1.82, 2.24) is 4.98 Å². The second-order valence-electron chi connectivity index (χ2n) is 3.52. The van der Waals surface area contributed by atoms with E-state index in [1.807, 2.05) is 19.9 Å². The molecule has 0 atom stereocenters. The van der Waals surface area contributed by atoms with E-state index in [1.54, 1.807) is 13.0 Å². The average Bonchev–Trinajstić information content (AvgIpc) is 2.32. The Morgan fingerprint density at radius 3 is 2.54 bits per heavy atom. The lowest BCUT2D eigenvalue weighted by molar-refractivity contribution is 0.620. The monoisotopic (exact) mass is 177 g/mol. The van der Waals surface area contributed by atoms with Crippen molar-refractivity contribution < 1.29 is 4.39 Å². The number of nitrogens with one attached hydrogen (secondary N) is 1. The average molecular weight is 177 g/mol. The van der Waals surface area contributed by atoms with Gasteiger partial charge >= 0.3 is 0 Å². The van der Waals surface area contributed by atoms with Gasteiger partial charge < -0.3 is 4.98 Å². The summed E-state index contributed by atoms with van der Waals surface area (Å²) in [5.74, 6) is -0.145. The van der Waals surface area contributed by atoms with Gasteiger partial charge in [-0.2, -0.15) is 0 Å². The second-order valence-corrected chi connectivity index (χ2v) is 3.52. The van der Waals surface area contributed by atoms with Gasteiger partial charge in [-0.3, -0.25) is 0 Å². The maximum Gasteiger partial charge on any atom is 0.128 e. The molecule has 0 saturated carbocycles. The molecule has 1 nitrogen and oxygen atoms in total. The lowest BCUT2D eigenvalue weighted by Crippen LogP contribution is -1.81. The number of hydrogen-bond donors (Lipinski definition) is 1. The maximum absolute atomic E-state index is 13.2. The van der Waals surface area contributed by atoms with Crippen LogP contribution in [0.2, 0.25) is 0 Å². The van der Waals surface area contributed by atoms with E-state index in [0.717, 1.165) is 16.6 Å². The molecule has 0 radical (unpaired) electrons. The molecule has 0 spiro atoms. The molecule has 0 amide bonds. The van der Waals surface area contributed by atoms with E-state index in [2.05, 4.69) is 4.98 Å². The minimum atomic E-state index is -0.145. The summed E-state index contributed by atoms with van der Waals surface area (Å²) in [7, 11) is 0. The number of aryl methyl sites for hydroxylation is 3. The van der Waals surface area contributed by atoms with Crippen molar-refractivity contribution >= 4 is 10.9 Å². The number of hydrogen-bond acceptors (Lipinski definition) is 0. The normalized spacial score (nSPS) is 11.1. The third-order valence-electron chi connectivity index (χ3n) is 2.59. The molecule has 2 aromatic rings. The van der Waals surface area contributed by atoms with Crippen LogP contribution in [-0.4, -0.2) is 4.98 Å². The molecule has 68 valence electrons. The SMILES string of the molecule is Cc1cc2c(C)c(C)[nH]c2cc1F. The first-order chi connectivity index (χ1) is 6.09. The summed E-state index contributed by atoms with van der Waals surface area (Å²) in [6.07, 6.45) is 0. The first kappa shape index (κ1) is 8.30. The van der Waals surface area contributed by atoms with Gasteiger partial charge in [-0.1, -0.05) is 0 Å². The lowest BCUT2D eigenvalue weighted by atomic mass is 10.1. The number of fused-ring (bicyclic) bond motifs is 1. The van der Waals surface area contributed by atoms with Crippen molar-refractivity contribution in [2.45, 2.75) is 20.8 Å². The molecular weight excluding hydrogens is 165 g/mol. The quantitative estimate of drug-likeness (QED) is 0.635. The molecule has 13 heavy (non-hydrogen) atoms. The standard InChI is InChI=1S/C11H12FN/c1-6-4-9-7(2)8(3)13-11(9)5-10(6)12/h4-5,13H,1-3H3. The van der Waals surface area contributed by atoms with Gasteiger partial charge in [0.15, 0.2) is 0 Å². The smallest absolute Gasteiger partial charge is 0.128 e. The van der Waals surface area contributed by atoms with Gasteiger partial charge in [-0.25, -0.2) is 4.39 Å². The van der Waals surface area contributed by atoms with Crippen LogP contribution in [0.3, 0.4) is 0 Å². The van der Waals surface area contributed by atoms with E-state index in [4.69, 9.17) is 0 Å². The first-order valence-corrected chi connectivity index (χ1v) is 4.34. The van der Waals surface area contributed by atoms with E-state index in [0.29, 0.717) is 5.56 Å². The summed E-state index contributed by atoms with van der Waals surface area (Å²) in [5, 5.41) is 1.12. The third kappa shape index (κ3) is 1.13. The van der Waals surface area contributed by atoms with Gasteiger partial charge in [0.2, 0.25) is 0 Å². The molecule has 1 N–H and O–H groups in total. The van der Waals surface area contributed by atoms with Crippen molar-refractivity contribution in [2.24, 2.45) is 0 Å². The van der Waals surface area contributed by atoms with Crippen LogP contribution in [0.15, 0.2) is 12.1 Å². The van der Waals surface area contributed by atoms with Crippen molar-refractivity contribution in [3.05, 3.63) is 34.8 Å². The Kier molecular flexibility index (Phi) is 1.65. The van der Waals surface area contributed by atoms with Gasteiger partial charge in [0.1, 0.15) is 5.82 Å². The predicted octanol–water partition coefficient (Wildman–Crippen LogP) is 3.23.